The highest BCUT2D eigenvalue weighted by Gasteiger charge is 2.09. The maximum Gasteiger partial charge on any atom is 0.194 e. The Kier molecular flexibility index (Phi) is 5.32. The summed E-state index contributed by atoms with van der Waals surface area (Å²) in [4.78, 5) is 0. The smallest absolute Gasteiger partial charge is 0.194 e. The lowest BCUT2D eigenvalue weighted by Gasteiger charge is -2.04. The van der Waals surface area contributed by atoms with Crippen LogP contribution in [0.25, 0.3) is 0 Å². The summed E-state index contributed by atoms with van der Waals surface area (Å²) in [6, 6.07) is 2.12. The van der Waals surface area contributed by atoms with Crippen molar-refractivity contribution in [2.75, 3.05) is 13.1 Å². The van der Waals surface area contributed by atoms with Gasteiger partial charge in [0.1, 0.15) is 0 Å². The highest BCUT2D eigenvalue weighted by Crippen LogP contribution is 2.15. The molecule has 0 spiro atoms. The van der Waals surface area contributed by atoms with E-state index in [9.17, 15) is 13.2 Å². The molecule has 1 N–H and O–H groups in total. The van der Waals surface area contributed by atoms with Crippen LogP contribution in [-0.2, 0) is 6.42 Å². The first-order valence-corrected chi connectivity index (χ1v) is 5.49. The molecule has 1 aromatic carbocycles. The third kappa shape index (κ3) is 3.85. The number of hydrogen-bond acceptors (Lipinski definition) is 1. The zero-order chi connectivity index (χ0) is 12.0. The maximum absolute atomic E-state index is 12.8. The van der Waals surface area contributed by atoms with Crippen LogP contribution in [0.1, 0.15) is 25.3 Å². The van der Waals surface area contributed by atoms with Crippen LogP contribution in [0.5, 0.6) is 0 Å². The summed E-state index contributed by atoms with van der Waals surface area (Å²) < 4.78 is 38.3. The average molecular weight is 231 g/mol. The minimum Gasteiger partial charge on any atom is -0.317 e. The fourth-order valence-electron chi connectivity index (χ4n) is 1.51. The Morgan fingerprint density at radius 3 is 2.25 bits per heavy atom. The van der Waals surface area contributed by atoms with Gasteiger partial charge in [0.2, 0.25) is 0 Å². The van der Waals surface area contributed by atoms with Crippen LogP contribution in [0, 0.1) is 17.5 Å². The summed E-state index contributed by atoms with van der Waals surface area (Å²) in [5, 5.41) is 3.16. The van der Waals surface area contributed by atoms with E-state index in [0.717, 1.165) is 38.1 Å². The van der Waals surface area contributed by atoms with Gasteiger partial charge in [0, 0.05) is 0 Å². The van der Waals surface area contributed by atoms with Crippen molar-refractivity contribution in [3.05, 3.63) is 35.1 Å². The molecule has 0 radical (unpaired) electrons. The summed E-state index contributed by atoms with van der Waals surface area (Å²) in [6.45, 7) is 3.83. The van der Waals surface area contributed by atoms with Crippen LogP contribution in [-0.4, -0.2) is 13.1 Å². The summed E-state index contributed by atoms with van der Waals surface area (Å²) in [5.41, 5.74) is 0.507. The molecule has 0 heterocycles. The summed E-state index contributed by atoms with van der Waals surface area (Å²) in [5.74, 6) is -3.61. The normalized spacial score (nSPS) is 10.8. The van der Waals surface area contributed by atoms with Gasteiger partial charge < -0.3 is 5.32 Å². The molecular weight excluding hydrogens is 215 g/mol. The predicted octanol–water partition coefficient (Wildman–Crippen LogP) is 3.04. The van der Waals surface area contributed by atoms with Gasteiger partial charge in [-0.05, 0) is 50.0 Å². The number of aryl methyl sites for hydroxylation is 1. The van der Waals surface area contributed by atoms with Crippen LogP contribution in [0.2, 0.25) is 0 Å². The quantitative estimate of drug-likeness (QED) is 0.586. The van der Waals surface area contributed by atoms with E-state index >= 15 is 0 Å². The van der Waals surface area contributed by atoms with Crippen LogP contribution >= 0.6 is 0 Å². The van der Waals surface area contributed by atoms with Gasteiger partial charge in [0.25, 0.3) is 0 Å². The average Bonchev–Trinajstić information content (AvgIpc) is 2.25. The Morgan fingerprint density at radius 2 is 1.69 bits per heavy atom. The topological polar surface area (TPSA) is 12.0 Å². The standard InChI is InChI=1S/C12H16F3N/c1-2-16-6-4-3-5-9-7-10(13)12(15)11(14)8-9/h7-8,16H,2-6H2,1H3. The molecule has 0 aromatic heterocycles. The van der Waals surface area contributed by atoms with Crippen molar-refractivity contribution in [2.24, 2.45) is 0 Å². The van der Waals surface area contributed by atoms with Gasteiger partial charge in [-0.3, -0.25) is 0 Å². The molecule has 0 aliphatic rings. The Hall–Kier alpha value is -1.03. The first kappa shape index (κ1) is 13.0. The molecule has 0 saturated carbocycles. The van der Waals surface area contributed by atoms with E-state index in [1.165, 1.54) is 0 Å². The fraction of sp³-hybridized carbons (Fsp3) is 0.500. The number of rotatable bonds is 6. The van der Waals surface area contributed by atoms with E-state index in [1.54, 1.807) is 0 Å². The highest BCUT2D eigenvalue weighted by molar-refractivity contribution is 5.19. The molecule has 0 fully saturated rings. The second-order valence-electron chi connectivity index (χ2n) is 3.68. The number of benzene rings is 1. The van der Waals surface area contributed by atoms with Crippen molar-refractivity contribution < 1.29 is 13.2 Å². The third-order valence-corrected chi connectivity index (χ3v) is 2.36. The number of unbranched alkanes of at least 4 members (excludes halogenated alkanes) is 1. The Bertz CT molecular complexity index is 316. The van der Waals surface area contributed by atoms with E-state index < -0.39 is 17.5 Å². The third-order valence-electron chi connectivity index (χ3n) is 2.36. The zero-order valence-electron chi connectivity index (χ0n) is 9.32. The molecule has 1 rings (SSSR count). The van der Waals surface area contributed by atoms with Gasteiger partial charge in [0.05, 0.1) is 0 Å². The molecule has 4 heteroatoms. The molecule has 1 aromatic rings. The van der Waals surface area contributed by atoms with Crippen LogP contribution < -0.4 is 5.32 Å². The summed E-state index contributed by atoms with van der Waals surface area (Å²) in [6.07, 6.45) is 2.34. The van der Waals surface area contributed by atoms with Crippen molar-refractivity contribution in [1.29, 1.82) is 0 Å². The monoisotopic (exact) mass is 231 g/mol. The predicted molar refractivity (Wildman–Crippen MR) is 57.8 cm³/mol. The van der Waals surface area contributed by atoms with Crippen molar-refractivity contribution in [1.82, 2.24) is 5.32 Å². The molecule has 0 aliphatic heterocycles. The Balaban J connectivity index is 2.43. The molecule has 0 saturated heterocycles. The van der Waals surface area contributed by atoms with Crippen LogP contribution in [0.3, 0.4) is 0 Å². The van der Waals surface area contributed by atoms with Crippen molar-refractivity contribution >= 4 is 0 Å². The molecule has 0 unspecified atom stereocenters. The zero-order valence-corrected chi connectivity index (χ0v) is 9.32. The lowest BCUT2D eigenvalue weighted by Crippen LogP contribution is -2.13. The number of hydrogen-bond donors (Lipinski definition) is 1. The largest absolute Gasteiger partial charge is 0.317 e. The van der Waals surface area contributed by atoms with Crippen LogP contribution in [0.15, 0.2) is 12.1 Å². The molecule has 0 bridgehead atoms. The van der Waals surface area contributed by atoms with Crippen molar-refractivity contribution in [3.63, 3.8) is 0 Å². The number of nitrogens with one attached hydrogen (secondary N) is 1. The van der Waals surface area contributed by atoms with E-state index in [0.29, 0.717) is 12.0 Å². The second-order valence-corrected chi connectivity index (χ2v) is 3.68. The second kappa shape index (κ2) is 6.53. The maximum atomic E-state index is 12.8. The summed E-state index contributed by atoms with van der Waals surface area (Å²) in [7, 11) is 0. The lowest BCUT2D eigenvalue weighted by molar-refractivity contribution is 0.445. The SMILES string of the molecule is CCNCCCCc1cc(F)c(F)c(F)c1. The fourth-order valence-corrected chi connectivity index (χ4v) is 1.51. The van der Waals surface area contributed by atoms with Gasteiger partial charge in [-0.1, -0.05) is 6.92 Å². The molecule has 90 valence electrons. The molecule has 1 nitrogen and oxygen atoms in total. The van der Waals surface area contributed by atoms with Gasteiger partial charge in [0.15, 0.2) is 17.5 Å². The van der Waals surface area contributed by atoms with Gasteiger partial charge in [-0.2, -0.15) is 0 Å². The first-order chi connectivity index (χ1) is 7.65. The van der Waals surface area contributed by atoms with Gasteiger partial charge in [-0.15, -0.1) is 0 Å². The Morgan fingerprint density at radius 1 is 1.06 bits per heavy atom. The van der Waals surface area contributed by atoms with E-state index in [1.807, 2.05) is 6.92 Å². The summed E-state index contributed by atoms with van der Waals surface area (Å²) >= 11 is 0. The molecule has 16 heavy (non-hydrogen) atoms. The highest BCUT2D eigenvalue weighted by atomic mass is 19.2. The number of halogens is 3. The molecule has 0 atom stereocenters. The van der Waals surface area contributed by atoms with E-state index in [4.69, 9.17) is 0 Å². The molecule has 0 aliphatic carbocycles. The Labute approximate surface area is 93.7 Å². The van der Waals surface area contributed by atoms with E-state index in [2.05, 4.69) is 5.32 Å². The first-order valence-electron chi connectivity index (χ1n) is 5.49. The lowest BCUT2D eigenvalue weighted by atomic mass is 10.1. The minimum atomic E-state index is -1.39. The van der Waals surface area contributed by atoms with Gasteiger partial charge in [-0.25, -0.2) is 13.2 Å². The molecular formula is C12H16F3N. The van der Waals surface area contributed by atoms with E-state index in [-0.39, 0.29) is 0 Å². The minimum absolute atomic E-state index is 0.507. The molecule has 0 amide bonds. The van der Waals surface area contributed by atoms with Crippen molar-refractivity contribution in [2.45, 2.75) is 26.2 Å². The van der Waals surface area contributed by atoms with Crippen LogP contribution in [0.4, 0.5) is 13.2 Å². The van der Waals surface area contributed by atoms with Gasteiger partial charge >= 0.3 is 0 Å². The van der Waals surface area contributed by atoms with Crippen molar-refractivity contribution in [3.8, 4) is 0 Å².